The van der Waals surface area contributed by atoms with E-state index < -0.39 is 0 Å². The van der Waals surface area contributed by atoms with E-state index in [4.69, 9.17) is 0 Å². The van der Waals surface area contributed by atoms with Gasteiger partial charge in [0, 0.05) is 18.8 Å². The smallest absolute Gasteiger partial charge is 0.241 e. The largest absolute Gasteiger partial charge is 0.376 e. The topological polar surface area (TPSA) is 32.3 Å². The Balaban J connectivity index is 1.83. The van der Waals surface area contributed by atoms with Crippen LogP contribution in [0.4, 0.5) is 5.69 Å². The summed E-state index contributed by atoms with van der Waals surface area (Å²) in [6.07, 6.45) is 2.38. The van der Waals surface area contributed by atoms with Crippen LogP contribution in [0.25, 0.3) is 0 Å². The van der Waals surface area contributed by atoms with Gasteiger partial charge in [0.2, 0.25) is 5.91 Å². The summed E-state index contributed by atoms with van der Waals surface area (Å²) >= 11 is 0. The summed E-state index contributed by atoms with van der Waals surface area (Å²) < 4.78 is 0. The summed E-state index contributed by atoms with van der Waals surface area (Å²) in [6.45, 7) is 8.81. The van der Waals surface area contributed by atoms with Crippen molar-refractivity contribution in [2.24, 2.45) is 5.92 Å². The summed E-state index contributed by atoms with van der Waals surface area (Å²) in [6, 6.07) is 8.36. The third-order valence-electron chi connectivity index (χ3n) is 4.03. The Morgan fingerprint density at radius 3 is 2.65 bits per heavy atom. The van der Waals surface area contributed by atoms with Crippen molar-refractivity contribution in [2.45, 2.75) is 39.5 Å². The SMILES string of the molecule is CC1CCCN(C(=O)CNc2ccc(C(C)C)cc2)C1. The van der Waals surface area contributed by atoms with Gasteiger partial charge >= 0.3 is 0 Å². The Bertz CT molecular complexity index is 439. The minimum Gasteiger partial charge on any atom is -0.376 e. The van der Waals surface area contributed by atoms with Crippen LogP contribution in [0.3, 0.4) is 0 Å². The van der Waals surface area contributed by atoms with Crippen molar-refractivity contribution in [3.63, 3.8) is 0 Å². The molecule has 1 atom stereocenters. The van der Waals surface area contributed by atoms with E-state index in [1.54, 1.807) is 0 Å². The molecule has 1 aromatic rings. The summed E-state index contributed by atoms with van der Waals surface area (Å²) in [4.78, 5) is 14.1. The van der Waals surface area contributed by atoms with E-state index in [-0.39, 0.29) is 5.91 Å². The molecule has 0 spiro atoms. The normalized spacial score (nSPS) is 19.2. The van der Waals surface area contributed by atoms with E-state index in [2.05, 4.69) is 50.4 Å². The fraction of sp³-hybridized carbons (Fsp3) is 0.588. The minimum absolute atomic E-state index is 0.212. The third-order valence-corrected chi connectivity index (χ3v) is 4.03. The predicted molar refractivity (Wildman–Crippen MR) is 84.0 cm³/mol. The summed E-state index contributed by atoms with van der Waals surface area (Å²) in [5.74, 6) is 1.39. The van der Waals surface area contributed by atoms with Gasteiger partial charge in [-0.25, -0.2) is 0 Å². The Labute approximate surface area is 122 Å². The van der Waals surface area contributed by atoms with Gasteiger partial charge in [0.25, 0.3) is 0 Å². The summed E-state index contributed by atoms with van der Waals surface area (Å²) in [7, 11) is 0. The van der Waals surface area contributed by atoms with Gasteiger partial charge in [-0.15, -0.1) is 0 Å². The van der Waals surface area contributed by atoms with Gasteiger partial charge in [0.05, 0.1) is 6.54 Å². The standard InChI is InChI=1S/C17H26N2O/c1-13(2)15-6-8-16(9-7-15)18-11-17(20)19-10-4-5-14(3)12-19/h6-9,13-14,18H,4-5,10-12H2,1-3H3. The number of amides is 1. The number of rotatable bonds is 4. The zero-order valence-corrected chi connectivity index (χ0v) is 12.9. The quantitative estimate of drug-likeness (QED) is 0.911. The summed E-state index contributed by atoms with van der Waals surface area (Å²) in [5, 5.41) is 3.23. The first-order valence-corrected chi connectivity index (χ1v) is 7.68. The lowest BCUT2D eigenvalue weighted by molar-refractivity contribution is -0.130. The highest BCUT2D eigenvalue weighted by molar-refractivity contribution is 5.81. The average molecular weight is 274 g/mol. The molecule has 20 heavy (non-hydrogen) atoms. The van der Waals surface area contributed by atoms with Crippen molar-refractivity contribution in [3.8, 4) is 0 Å². The number of nitrogens with one attached hydrogen (secondary N) is 1. The number of nitrogens with zero attached hydrogens (tertiary/aromatic N) is 1. The zero-order chi connectivity index (χ0) is 14.5. The number of carbonyl (C=O) groups excluding carboxylic acids is 1. The first-order valence-electron chi connectivity index (χ1n) is 7.68. The highest BCUT2D eigenvalue weighted by atomic mass is 16.2. The molecule has 1 aliphatic rings. The second kappa shape index (κ2) is 6.78. The van der Waals surface area contributed by atoms with Gasteiger partial charge in [0.1, 0.15) is 0 Å². The molecule has 3 nitrogen and oxygen atoms in total. The Hall–Kier alpha value is -1.51. The zero-order valence-electron chi connectivity index (χ0n) is 12.9. The fourth-order valence-corrected chi connectivity index (χ4v) is 2.69. The maximum absolute atomic E-state index is 12.2. The van der Waals surface area contributed by atoms with Gasteiger partial charge in [0.15, 0.2) is 0 Å². The lowest BCUT2D eigenvalue weighted by atomic mass is 10.0. The highest BCUT2D eigenvalue weighted by Gasteiger charge is 2.20. The van der Waals surface area contributed by atoms with Crippen molar-refractivity contribution in [3.05, 3.63) is 29.8 Å². The van der Waals surface area contributed by atoms with Crippen molar-refractivity contribution < 1.29 is 4.79 Å². The molecule has 110 valence electrons. The minimum atomic E-state index is 0.212. The molecule has 1 aromatic carbocycles. The third kappa shape index (κ3) is 3.99. The molecule has 3 heteroatoms. The molecule has 0 aromatic heterocycles. The molecule has 1 N–H and O–H groups in total. The first kappa shape index (κ1) is 14.9. The lowest BCUT2D eigenvalue weighted by Crippen LogP contribution is -2.41. The van der Waals surface area contributed by atoms with Crippen LogP contribution in [0.1, 0.15) is 45.1 Å². The van der Waals surface area contributed by atoms with Crippen LogP contribution in [0.15, 0.2) is 24.3 Å². The molecular formula is C17H26N2O. The number of hydrogen-bond acceptors (Lipinski definition) is 2. The van der Waals surface area contributed by atoms with Crippen molar-refractivity contribution >= 4 is 11.6 Å². The molecule has 1 aliphatic heterocycles. The molecule has 1 heterocycles. The predicted octanol–water partition coefficient (Wildman–Crippen LogP) is 3.48. The van der Waals surface area contributed by atoms with Gasteiger partial charge in [-0.2, -0.15) is 0 Å². The van der Waals surface area contributed by atoms with Gasteiger partial charge in [-0.1, -0.05) is 32.9 Å². The van der Waals surface area contributed by atoms with E-state index >= 15 is 0 Å². The van der Waals surface area contributed by atoms with E-state index in [1.165, 1.54) is 12.0 Å². The molecule has 1 saturated heterocycles. The monoisotopic (exact) mass is 274 g/mol. The number of carbonyl (C=O) groups is 1. The summed E-state index contributed by atoms with van der Waals surface area (Å²) in [5.41, 5.74) is 2.35. The second-order valence-corrected chi connectivity index (χ2v) is 6.22. The van der Waals surface area contributed by atoms with Crippen LogP contribution in [0.5, 0.6) is 0 Å². The van der Waals surface area contributed by atoms with Crippen LogP contribution in [-0.4, -0.2) is 30.4 Å². The van der Waals surface area contributed by atoms with Crippen molar-refractivity contribution in [1.82, 2.24) is 4.90 Å². The number of benzene rings is 1. The van der Waals surface area contributed by atoms with E-state index in [0.29, 0.717) is 18.4 Å². The maximum Gasteiger partial charge on any atom is 0.241 e. The average Bonchev–Trinajstić information content (AvgIpc) is 2.45. The second-order valence-electron chi connectivity index (χ2n) is 6.22. The number of anilines is 1. The van der Waals surface area contributed by atoms with E-state index in [9.17, 15) is 4.79 Å². The molecule has 0 aliphatic carbocycles. The van der Waals surface area contributed by atoms with Crippen LogP contribution in [-0.2, 0) is 4.79 Å². The lowest BCUT2D eigenvalue weighted by Gasteiger charge is -2.31. The highest BCUT2D eigenvalue weighted by Crippen LogP contribution is 2.18. The van der Waals surface area contributed by atoms with E-state index in [0.717, 1.165) is 25.2 Å². The molecule has 1 amide bonds. The number of likely N-dealkylation sites (tertiary alicyclic amines) is 1. The molecular weight excluding hydrogens is 248 g/mol. The molecule has 1 unspecified atom stereocenters. The number of piperidine rings is 1. The van der Waals surface area contributed by atoms with Crippen LogP contribution in [0, 0.1) is 5.92 Å². The fourth-order valence-electron chi connectivity index (χ4n) is 2.69. The molecule has 2 rings (SSSR count). The van der Waals surface area contributed by atoms with Gasteiger partial charge < -0.3 is 10.2 Å². The van der Waals surface area contributed by atoms with Gasteiger partial charge in [-0.3, -0.25) is 4.79 Å². The molecule has 0 radical (unpaired) electrons. The molecule has 1 fully saturated rings. The van der Waals surface area contributed by atoms with E-state index in [1.807, 2.05) is 4.90 Å². The molecule has 0 saturated carbocycles. The van der Waals surface area contributed by atoms with Crippen LogP contribution < -0.4 is 5.32 Å². The Kier molecular flexibility index (Phi) is 5.05. The maximum atomic E-state index is 12.2. The van der Waals surface area contributed by atoms with Crippen molar-refractivity contribution in [2.75, 3.05) is 25.0 Å². The number of hydrogen-bond donors (Lipinski definition) is 1. The Morgan fingerprint density at radius 2 is 2.05 bits per heavy atom. The Morgan fingerprint density at radius 1 is 1.35 bits per heavy atom. The first-order chi connectivity index (χ1) is 9.56. The van der Waals surface area contributed by atoms with Crippen LogP contribution >= 0.6 is 0 Å². The van der Waals surface area contributed by atoms with Crippen molar-refractivity contribution in [1.29, 1.82) is 0 Å². The molecule has 0 bridgehead atoms. The van der Waals surface area contributed by atoms with Crippen LogP contribution in [0.2, 0.25) is 0 Å². The van der Waals surface area contributed by atoms with Gasteiger partial charge in [-0.05, 0) is 42.4 Å².